The van der Waals surface area contributed by atoms with E-state index in [2.05, 4.69) is 24.3 Å². The molecule has 1 amide bonds. The number of hydrogen-bond acceptors (Lipinski definition) is 3. The van der Waals surface area contributed by atoms with Crippen LogP contribution >= 0.6 is 0 Å². The Labute approximate surface area is 82.3 Å². The first-order valence-corrected chi connectivity index (χ1v) is 4.74. The Balaban J connectivity index is 2.40. The van der Waals surface area contributed by atoms with Gasteiger partial charge in [-0.25, -0.2) is 4.68 Å². The van der Waals surface area contributed by atoms with Gasteiger partial charge in [0.2, 0.25) is 0 Å². The smallest absolute Gasteiger partial charge is 0.269 e. The summed E-state index contributed by atoms with van der Waals surface area (Å²) in [5.74, 6) is 0.401. The summed E-state index contributed by atoms with van der Waals surface area (Å²) in [6, 6.07) is 2.43. The molecule has 1 aliphatic rings. The zero-order valence-electron chi connectivity index (χ0n) is 8.32. The number of carbonyl (C=O) groups is 1. The van der Waals surface area contributed by atoms with Gasteiger partial charge < -0.3 is 11.1 Å². The van der Waals surface area contributed by atoms with Crippen molar-refractivity contribution in [3.63, 3.8) is 0 Å². The second kappa shape index (κ2) is 3.01. The lowest BCUT2D eigenvalue weighted by atomic mass is 10.1. The predicted octanol–water partition coefficient (Wildman–Crippen LogP) is 0.747. The standard InChI is InChI=1S/C9H14N4O/c1-5-3-6(2)13-8(11-5)4-7(12-13)9(10)14/h4-6,11H,3H2,1-2H3,(H2,10,14). The zero-order chi connectivity index (χ0) is 10.3. The highest BCUT2D eigenvalue weighted by Crippen LogP contribution is 2.26. The Kier molecular flexibility index (Phi) is 1.94. The molecule has 0 aliphatic carbocycles. The topological polar surface area (TPSA) is 72.9 Å². The lowest BCUT2D eigenvalue weighted by Crippen LogP contribution is -2.28. The van der Waals surface area contributed by atoms with Crippen molar-refractivity contribution in [1.82, 2.24) is 9.78 Å². The van der Waals surface area contributed by atoms with Crippen molar-refractivity contribution in [3.05, 3.63) is 11.8 Å². The molecule has 5 heteroatoms. The molecular weight excluding hydrogens is 180 g/mol. The maximum Gasteiger partial charge on any atom is 0.269 e. The minimum Gasteiger partial charge on any atom is -0.368 e. The van der Waals surface area contributed by atoms with Crippen molar-refractivity contribution in [3.8, 4) is 0 Å². The van der Waals surface area contributed by atoms with Gasteiger partial charge in [0, 0.05) is 12.1 Å². The second-order valence-corrected chi connectivity index (χ2v) is 3.85. The van der Waals surface area contributed by atoms with Crippen LogP contribution in [0.1, 0.15) is 36.8 Å². The van der Waals surface area contributed by atoms with Crippen LogP contribution in [0.2, 0.25) is 0 Å². The van der Waals surface area contributed by atoms with Gasteiger partial charge in [-0.2, -0.15) is 5.10 Å². The minimum atomic E-state index is -0.478. The third-order valence-electron chi connectivity index (χ3n) is 2.49. The summed E-state index contributed by atoms with van der Waals surface area (Å²) in [6.45, 7) is 4.19. The van der Waals surface area contributed by atoms with Crippen LogP contribution in [0.25, 0.3) is 0 Å². The Hall–Kier alpha value is -1.52. The molecule has 76 valence electrons. The fourth-order valence-electron chi connectivity index (χ4n) is 1.88. The number of nitrogens with zero attached hydrogens (tertiary/aromatic N) is 2. The van der Waals surface area contributed by atoms with E-state index in [-0.39, 0.29) is 0 Å². The van der Waals surface area contributed by atoms with Crippen molar-refractivity contribution >= 4 is 11.7 Å². The van der Waals surface area contributed by atoms with Crippen LogP contribution in [0.15, 0.2) is 6.07 Å². The van der Waals surface area contributed by atoms with E-state index < -0.39 is 5.91 Å². The first-order chi connectivity index (χ1) is 6.58. The van der Waals surface area contributed by atoms with Crippen molar-refractivity contribution in [2.45, 2.75) is 32.4 Å². The van der Waals surface area contributed by atoms with Crippen LogP contribution in [0.4, 0.5) is 5.82 Å². The Bertz CT molecular complexity index is 371. The highest BCUT2D eigenvalue weighted by Gasteiger charge is 2.23. The first-order valence-electron chi connectivity index (χ1n) is 4.74. The number of fused-ring (bicyclic) bond motifs is 1. The Morgan fingerprint density at radius 1 is 1.71 bits per heavy atom. The molecule has 0 fully saturated rings. The van der Waals surface area contributed by atoms with Gasteiger partial charge in [-0.05, 0) is 20.3 Å². The summed E-state index contributed by atoms with van der Waals surface area (Å²) in [4.78, 5) is 10.9. The lowest BCUT2D eigenvalue weighted by Gasteiger charge is -2.27. The van der Waals surface area contributed by atoms with E-state index in [1.165, 1.54) is 0 Å². The van der Waals surface area contributed by atoms with Gasteiger partial charge in [0.15, 0.2) is 5.69 Å². The molecule has 3 N–H and O–H groups in total. The van der Waals surface area contributed by atoms with Crippen molar-refractivity contribution in [2.75, 3.05) is 5.32 Å². The van der Waals surface area contributed by atoms with Gasteiger partial charge in [0.25, 0.3) is 5.91 Å². The number of anilines is 1. The molecule has 0 aromatic carbocycles. The zero-order valence-corrected chi connectivity index (χ0v) is 8.32. The minimum absolute atomic E-state index is 0.314. The number of nitrogens with one attached hydrogen (secondary N) is 1. The maximum absolute atomic E-state index is 10.9. The van der Waals surface area contributed by atoms with Crippen LogP contribution < -0.4 is 11.1 Å². The van der Waals surface area contributed by atoms with Gasteiger partial charge in [-0.1, -0.05) is 0 Å². The molecular formula is C9H14N4O. The lowest BCUT2D eigenvalue weighted by molar-refractivity contribution is 0.0994. The van der Waals surface area contributed by atoms with E-state index in [4.69, 9.17) is 5.73 Å². The summed E-state index contributed by atoms with van der Waals surface area (Å²) in [5.41, 5.74) is 5.49. The van der Waals surface area contributed by atoms with Gasteiger partial charge in [0.1, 0.15) is 5.82 Å². The number of carbonyl (C=O) groups excluding carboxylic acids is 1. The summed E-state index contributed by atoms with van der Waals surface area (Å²) >= 11 is 0. The Morgan fingerprint density at radius 2 is 2.43 bits per heavy atom. The number of hydrogen-bond donors (Lipinski definition) is 2. The average molecular weight is 194 g/mol. The van der Waals surface area contributed by atoms with Gasteiger partial charge >= 0.3 is 0 Å². The third kappa shape index (κ3) is 1.34. The molecule has 2 rings (SSSR count). The van der Waals surface area contributed by atoms with E-state index in [0.717, 1.165) is 12.2 Å². The molecule has 5 nitrogen and oxygen atoms in total. The molecule has 2 atom stereocenters. The summed E-state index contributed by atoms with van der Waals surface area (Å²) in [7, 11) is 0. The molecule has 2 unspecified atom stereocenters. The van der Waals surface area contributed by atoms with Crippen LogP contribution in [-0.2, 0) is 0 Å². The van der Waals surface area contributed by atoms with Crippen LogP contribution in [0.3, 0.4) is 0 Å². The SMILES string of the molecule is CC1CC(C)n2nc(C(N)=O)cc2N1. The number of amides is 1. The summed E-state index contributed by atoms with van der Waals surface area (Å²) in [6.07, 6.45) is 1.01. The van der Waals surface area contributed by atoms with Crippen LogP contribution in [-0.4, -0.2) is 21.7 Å². The average Bonchev–Trinajstić information content (AvgIpc) is 2.47. The van der Waals surface area contributed by atoms with E-state index >= 15 is 0 Å². The number of rotatable bonds is 1. The molecule has 0 spiro atoms. The van der Waals surface area contributed by atoms with E-state index in [1.807, 2.05) is 4.68 Å². The molecule has 1 aromatic heterocycles. The van der Waals surface area contributed by atoms with Gasteiger partial charge in [-0.15, -0.1) is 0 Å². The molecule has 0 radical (unpaired) electrons. The molecule has 0 saturated heterocycles. The molecule has 14 heavy (non-hydrogen) atoms. The predicted molar refractivity (Wildman–Crippen MR) is 53.2 cm³/mol. The first kappa shape index (κ1) is 9.05. The fourth-order valence-corrected chi connectivity index (χ4v) is 1.88. The van der Waals surface area contributed by atoms with Crippen molar-refractivity contribution < 1.29 is 4.79 Å². The van der Waals surface area contributed by atoms with Crippen LogP contribution in [0.5, 0.6) is 0 Å². The monoisotopic (exact) mass is 194 g/mol. The largest absolute Gasteiger partial charge is 0.368 e. The molecule has 2 heterocycles. The maximum atomic E-state index is 10.9. The van der Waals surface area contributed by atoms with Crippen LogP contribution in [0, 0.1) is 0 Å². The number of nitrogens with two attached hydrogens (primary N) is 1. The van der Waals surface area contributed by atoms with Gasteiger partial charge in [0.05, 0.1) is 6.04 Å². The third-order valence-corrected chi connectivity index (χ3v) is 2.49. The van der Waals surface area contributed by atoms with E-state index in [1.54, 1.807) is 6.07 Å². The second-order valence-electron chi connectivity index (χ2n) is 3.85. The fraction of sp³-hybridized carbons (Fsp3) is 0.556. The highest BCUT2D eigenvalue weighted by molar-refractivity contribution is 5.91. The summed E-state index contributed by atoms with van der Waals surface area (Å²) < 4.78 is 1.82. The van der Waals surface area contributed by atoms with Gasteiger partial charge in [-0.3, -0.25) is 4.79 Å². The number of aromatic nitrogens is 2. The highest BCUT2D eigenvalue weighted by atomic mass is 16.1. The molecule has 1 aromatic rings. The quantitative estimate of drug-likeness (QED) is 0.692. The van der Waals surface area contributed by atoms with Crippen molar-refractivity contribution in [2.24, 2.45) is 5.73 Å². The number of primary amides is 1. The van der Waals surface area contributed by atoms with Crippen molar-refractivity contribution in [1.29, 1.82) is 0 Å². The molecule has 1 aliphatic heterocycles. The van der Waals surface area contributed by atoms with E-state index in [0.29, 0.717) is 17.8 Å². The summed E-state index contributed by atoms with van der Waals surface area (Å²) in [5, 5.41) is 7.40. The molecule has 0 bridgehead atoms. The van der Waals surface area contributed by atoms with E-state index in [9.17, 15) is 4.79 Å². The molecule has 0 saturated carbocycles. The normalized spacial score (nSPS) is 25.3. The Morgan fingerprint density at radius 3 is 3.07 bits per heavy atom.